The third-order valence-corrected chi connectivity index (χ3v) is 2.63. The minimum Gasteiger partial charge on any atom is -0.466 e. The molecule has 0 aliphatic heterocycles. The molecule has 1 rings (SSSR count). The first-order valence-corrected chi connectivity index (χ1v) is 5.69. The van der Waals surface area contributed by atoms with E-state index in [1.54, 1.807) is 6.08 Å². The Morgan fingerprint density at radius 1 is 1.43 bits per heavy atom. The summed E-state index contributed by atoms with van der Waals surface area (Å²) in [7, 11) is 1.37. The SMILES string of the molecule is COC(=O)/C=C/c1ccc(CI)cc1. The van der Waals surface area contributed by atoms with Crippen LogP contribution < -0.4 is 0 Å². The Morgan fingerprint density at radius 3 is 2.57 bits per heavy atom. The lowest BCUT2D eigenvalue weighted by Gasteiger charge is -1.96. The zero-order valence-electron chi connectivity index (χ0n) is 7.87. The molecule has 0 aliphatic carbocycles. The van der Waals surface area contributed by atoms with Gasteiger partial charge in [0.25, 0.3) is 0 Å². The van der Waals surface area contributed by atoms with Gasteiger partial charge in [-0.05, 0) is 17.2 Å². The third-order valence-electron chi connectivity index (χ3n) is 1.75. The zero-order chi connectivity index (χ0) is 10.4. The topological polar surface area (TPSA) is 26.3 Å². The van der Waals surface area contributed by atoms with Crippen LogP contribution in [-0.2, 0) is 14.0 Å². The number of hydrogen-bond acceptors (Lipinski definition) is 2. The molecule has 3 heteroatoms. The molecule has 2 nitrogen and oxygen atoms in total. The fraction of sp³-hybridized carbons (Fsp3) is 0.182. The van der Waals surface area contributed by atoms with E-state index in [4.69, 9.17) is 0 Å². The fourth-order valence-corrected chi connectivity index (χ4v) is 1.46. The zero-order valence-corrected chi connectivity index (χ0v) is 10.0. The summed E-state index contributed by atoms with van der Waals surface area (Å²) in [4.78, 5) is 10.8. The van der Waals surface area contributed by atoms with Crippen molar-refractivity contribution in [1.29, 1.82) is 0 Å². The molecule has 0 radical (unpaired) electrons. The fourth-order valence-electron chi connectivity index (χ4n) is 0.950. The summed E-state index contributed by atoms with van der Waals surface area (Å²) in [5.74, 6) is -0.331. The highest BCUT2D eigenvalue weighted by Gasteiger charge is 1.92. The molecule has 0 saturated carbocycles. The van der Waals surface area contributed by atoms with Crippen LogP contribution in [-0.4, -0.2) is 13.1 Å². The van der Waals surface area contributed by atoms with Gasteiger partial charge in [0.1, 0.15) is 0 Å². The predicted octanol–water partition coefficient (Wildman–Crippen LogP) is 2.81. The number of ether oxygens (including phenoxy) is 1. The molecule has 0 atom stereocenters. The Hall–Kier alpha value is -0.840. The molecule has 0 fully saturated rings. The van der Waals surface area contributed by atoms with Crippen LogP contribution in [0.3, 0.4) is 0 Å². The average molecular weight is 302 g/mol. The highest BCUT2D eigenvalue weighted by Crippen LogP contribution is 2.09. The van der Waals surface area contributed by atoms with Crippen molar-refractivity contribution in [2.24, 2.45) is 0 Å². The number of carbonyl (C=O) groups excluding carboxylic acids is 1. The lowest BCUT2D eigenvalue weighted by molar-refractivity contribution is -0.134. The normalized spacial score (nSPS) is 10.4. The lowest BCUT2D eigenvalue weighted by atomic mass is 10.1. The summed E-state index contributed by atoms with van der Waals surface area (Å²) in [6.07, 6.45) is 3.15. The van der Waals surface area contributed by atoms with Crippen LogP contribution in [0.2, 0.25) is 0 Å². The van der Waals surface area contributed by atoms with Crippen molar-refractivity contribution in [1.82, 2.24) is 0 Å². The first kappa shape index (κ1) is 11.2. The number of esters is 1. The van der Waals surface area contributed by atoms with Gasteiger partial charge in [-0.25, -0.2) is 4.79 Å². The number of methoxy groups -OCH3 is 1. The number of benzene rings is 1. The standard InChI is InChI=1S/C11H11IO2/c1-14-11(13)7-6-9-2-4-10(8-12)5-3-9/h2-7H,8H2,1H3/b7-6+. The van der Waals surface area contributed by atoms with Gasteiger partial charge in [0.15, 0.2) is 0 Å². The van der Waals surface area contributed by atoms with Gasteiger partial charge in [-0.3, -0.25) is 0 Å². The first-order valence-electron chi connectivity index (χ1n) is 4.17. The van der Waals surface area contributed by atoms with E-state index in [0.717, 1.165) is 9.99 Å². The monoisotopic (exact) mass is 302 g/mol. The first-order chi connectivity index (χ1) is 6.76. The van der Waals surface area contributed by atoms with Crippen LogP contribution in [0.15, 0.2) is 30.3 Å². The third kappa shape index (κ3) is 3.49. The smallest absolute Gasteiger partial charge is 0.330 e. The van der Waals surface area contributed by atoms with Crippen molar-refractivity contribution < 1.29 is 9.53 Å². The molecule has 1 aromatic carbocycles. The van der Waals surface area contributed by atoms with Crippen molar-refractivity contribution in [2.75, 3.05) is 7.11 Å². The number of halogens is 1. The van der Waals surface area contributed by atoms with E-state index in [1.807, 2.05) is 24.3 Å². The molecular weight excluding hydrogens is 291 g/mol. The quantitative estimate of drug-likeness (QED) is 0.371. The van der Waals surface area contributed by atoms with Crippen molar-refractivity contribution in [3.8, 4) is 0 Å². The van der Waals surface area contributed by atoms with E-state index in [-0.39, 0.29) is 5.97 Å². The maximum atomic E-state index is 10.8. The molecule has 0 heterocycles. The van der Waals surface area contributed by atoms with Gasteiger partial charge in [-0.1, -0.05) is 46.9 Å². The molecule has 14 heavy (non-hydrogen) atoms. The van der Waals surface area contributed by atoms with Gasteiger partial charge >= 0.3 is 5.97 Å². The van der Waals surface area contributed by atoms with Gasteiger partial charge < -0.3 is 4.74 Å². The van der Waals surface area contributed by atoms with Crippen LogP contribution in [0.4, 0.5) is 0 Å². The van der Waals surface area contributed by atoms with Crippen molar-refractivity contribution in [3.05, 3.63) is 41.5 Å². The molecule has 0 unspecified atom stereocenters. The van der Waals surface area contributed by atoms with Gasteiger partial charge in [-0.2, -0.15) is 0 Å². The van der Waals surface area contributed by atoms with Gasteiger partial charge in [0.2, 0.25) is 0 Å². The molecule has 0 saturated heterocycles. The molecule has 0 amide bonds. The number of hydrogen-bond donors (Lipinski definition) is 0. The van der Waals surface area contributed by atoms with Crippen LogP contribution in [0.1, 0.15) is 11.1 Å². The molecular formula is C11H11IO2. The highest BCUT2D eigenvalue weighted by molar-refractivity contribution is 14.1. The maximum Gasteiger partial charge on any atom is 0.330 e. The molecule has 0 bridgehead atoms. The second-order valence-corrected chi connectivity index (χ2v) is 3.49. The second-order valence-electron chi connectivity index (χ2n) is 2.73. The number of alkyl halides is 1. The van der Waals surface area contributed by atoms with E-state index in [2.05, 4.69) is 27.3 Å². The summed E-state index contributed by atoms with van der Waals surface area (Å²) in [6, 6.07) is 8.05. The molecule has 1 aromatic rings. The van der Waals surface area contributed by atoms with E-state index in [9.17, 15) is 4.79 Å². The van der Waals surface area contributed by atoms with Crippen LogP contribution in [0.25, 0.3) is 6.08 Å². The van der Waals surface area contributed by atoms with Crippen molar-refractivity contribution in [3.63, 3.8) is 0 Å². The number of carbonyl (C=O) groups is 1. The van der Waals surface area contributed by atoms with Crippen molar-refractivity contribution in [2.45, 2.75) is 4.43 Å². The Morgan fingerprint density at radius 2 is 2.07 bits per heavy atom. The number of rotatable bonds is 3. The highest BCUT2D eigenvalue weighted by atomic mass is 127. The maximum absolute atomic E-state index is 10.8. The van der Waals surface area contributed by atoms with Crippen LogP contribution in [0, 0.1) is 0 Å². The minimum absolute atomic E-state index is 0.331. The Kier molecular flexibility index (Phi) is 4.65. The van der Waals surface area contributed by atoms with E-state index < -0.39 is 0 Å². The summed E-state index contributed by atoms with van der Waals surface area (Å²) in [5.41, 5.74) is 2.28. The largest absolute Gasteiger partial charge is 0.466 e. The van der Waals surface area contributed by atoms with E-state index in [1.165, 1.54) is 18.7 Å². The van der Waals surface area contributed by atoms with Crippen molar-refractivity contribution >= 4 is 34.6 Å². The van der Waals surface area contributed by atoms with E-state index in [0.29, 0.717) is 0 Å². The summed E-state index contributed by atoms with van der Waals surface area (Å²) in [5, 5.41) is 0. The Balaban J connectivity index is 2.68. The average Bonchev–Trinajstić information content (AvgIpc) is 2.26. The van der Waals surface area contributed by atoms with Crippen LogP contribution >= 0.6 is 22.6 Å². The van der Waals surface area contributed by atoms with Gasteiger partial charge in [0, 0.05) is 10.5 Å². The summed E-state index contributed by atoms with van der Waals surface area (Å²) < 4.78 is 5.49. The summed E-state index contributed by atoms with van der Waals surface area (Å²) in [6.45, 7) is 0. The van der Waals surface area contributed by atoms with Gasteiger partial charge in [-0.15, -0.1) is 0 Å². The Labute approximate surface area is 97.1 Å². The molecule has 0 spiro atoms. The molecule has 0 aliphatic rings. The predicted molar refractivity (Wildman–Crippen MR) is 65.2 cm³/mol. The summed E-state index contributed by atoms with van der Waals surface area (Å²) >= 11 is 2.31. The lowest BCUT2D eigenvalue weighted by Crippen LogP contribution is -1.93. The molecule has 0 aromatic heterocycles. The van der Waals surface area contributed by atoms with Gasteiger partial charge in [0.05, 0.1) is 7.11 Å². The second kappa shape index (κ2) is 5.80. The van der Waals surface area contributed by atoms with Crippen LogP contribution in [0.5, 0.6) is 0 Å². The molecule has 74 valence electrons. The van der Waals surface area contributed by atoms with E-state index >= 15 is 0 Å². The molecule has 0 N–H and O–H groups in total. The minimum atomic E-state index is -0.331. The Bertz CT molecular complexity index is 328.